The van der Waals surface area contributed by atoms with Crippen molar-refractivity contribution in [3.63, 3.8) is 0 Å². The minimum atomic E-state index is -0.194. The first-order valence-electron chi connectivity index (χ1n) is 5.52. The summed E-state index contributed by atoms with van der Waals surface area (Å²) in [6, 6.07) is 10.9. The monoisotopic (exact) mass is 240 g/mol. The van der Waals surface area contributed by atoms with E-state index in [1.54, 1.807) is 6.92 Å². The van der Waals surface area contributed by atoms with Crippen molar-refractivity contribution in [2.45, 2.75) is 6.92 Å². The highest BCUT2D eigenvalue weighted by Crippen LogP contribution is 2.09. The van der Waals surface area contributed by atoms with Crippen LogP contribution in [0, 0.1) is 18.8 Å². The summed E-state index contributed by atoms with van der Waals surface area (Å²) >= 11 is 0. The lowest BCUT2D eigenvalue weighted by molar-refractivity contribution is 0.341. The van der Waals surface area contributed by atoms with Gasteiger partial charge in [0.15, 0.2) is 0 Å². The predicted molar refractivity (Wildman–Crippen MR) is 68.5 cm³/mol. The number of hydrogen-bond acceptors (Lipinski definition) is 3. The Hall–Kier alpha value is -2.47. The van der Waals surface area contributed by atoms with Crippen LogP contribution in [0.1, 0.15) is 11.3 Å². The summed E-state index contributed by atoms with van der Waals surface area (Å²) in [6.07, 6.45) is 1.35. The molecule has 0 spiro atoms. The van der Waals surface area contributed by atoms with Crippen LogP contribution in [0.5, 0.6) is 5.75 Å². The molecule has 0 saturated heterocycles. The molecule has 0 unspecified atom stereocenters. The van der Waals surface area contributed by atoms with E-state index in [2.05, 4.69) is 11.8 Å². The first-order chi connectivity index (χ1) is 8.77. The maximum Gasteiger partial charge on any atom is 0.227 e. The Morgan fingerprint density at radius 2 is 2.00 bits per heavy atom. The second-order valence-electron chi connectivity index (χ2n) is 3.63. The minimum absolute atomic E-state index is 0.157. The quantitative estimate of drug-likeness (QED) is 0.756. The summed E-state index contributed by atoms with van der Waals surface area (Å²) in [5.74, 6) is 6.48. The Bertz CT molecular complexity index is 630. The van der Waals surface area contributed by atoms with E-state index in [0.717, 1.165) is 5.56 Å². The van der Waals surface area contributed by atoms with Gasteiger partial charge in [0.25, 0.3) is 0 Å². The average Bonchev–Trinajstić information content (AvgIpc) is 2.38. The molecule has 0 radical (unpaired) electrons. The molecule has 0 saturated carbocycles. The van der Waals surface area contributed by atoms with E-state index in [-0.39, 0.29) is 17.8 Å². The first-order valence-corrected chi connectivity index (χ1v) is 5.52. The molecule has 0 amide bonds. The Morgan fingerprint density at radius 1 is 1.22 bits per heavy atom. The number of benzene rings is 1. The Morgan fingerprint density at radius 3 is 2.72 bits per heavy atom. The van der Waals surface area contributed by atoms with Crippen molar-refractivity contribution < 1.29 is 9.15 Å². The average molecular weight is 240 g/mol. The molecular formula is C15H12O3. The van der Waals surface area contributed by atoms with Gasteiger partial charge in [-0.25, -0.2) is 0 Å². The van der Waals surface area contributed by atoms with Gasteiger partial charge in [0.05, 0.1) is 6.26 Å². The van der Waals surface area contributed by atoms with Crippen molar-refractivity contribution >= 4 is 0 Å². The van der Waals surface area contributed by atoms with E-state index in [4.69, 9.17) is 9.15 Å². The minimum Gasteiger partial charge on any atom is -0.473 e. The van der Waals surface area contributed by atoms with Crippen molar-refractivity contribution in [3.05, 3.63) is 64.2 Å². The van der Waals surface area contributed by atoms with Gasteiger partial charge in [0, 0.05) is 11.6 Å². The summed E-state index contributed by atoms with van der Waals surface area (Å²) in [5, 5.41) is 0. The highest BCUT2D eigenvalue weighted by atomic mass is 16.5. The van der Waals surface area contributed by atoms with Crippen LogP contribution in [0.25, 0.3) is 0 Å². The van der Waals surface area contributed by atoms with Gasteiger partial charge in [-0.1, -0.05) is 30.0 Å². The summed E-state index contributed by atoms with van der Waals surface area (Å²) in [6.45, 7) is 1.84. The molecule has 3 nitrogen and oxygen atoms in total. The van der Waals surface area contributed by atoms with Gasteiger partial charge in [0.2, 0.25) is 11.2 Å². The molecule has 18 heavy (non-hydrogen) atoms. The lowest BCUT2D eigenvalue weighted by Gasteiger charge is -2.02. The fraction of sp³-hybridized carbons (Fsp3) is 0.133. The molecule has 0 aliphatic rings. The van der Waals surface area contributed by atoms with Crippen molar-refractivity contribution in [2.75, 3.05) is 6.61 Å². The van der Waals surface area contributed by atoms with Crippen LogP contribution in [-0.4, -0.2) is 6.61 Å². The molecule has 0 fully saturated rings. The van der Waals surface area contributed by atoms with Crippen LogP contribution in [0.4, 0.5) is 0 Å². The second-order valence-corrected chi connectivity index (χ2v) is 3.63. The van der Waals surface area contributed by atoms with Crippen molar-refractivity contribution in [3.8, 4) is 17.6 Å². The summed E-state index contributed by atoms with van der Waals surface area (Å²) in [5.41, 5.74) is 0.721. The molecule has 0 N–H and O–H groups in total. The van der Waals surface area contributed by atoms with E-state index in [0.29, 0.717) is 5.76 Å². The molecule has 90 valence electrons. The van der Waals surface area contributed by atoms with Gasteiger partial charge in [0.1, 0.15) is 12.4 Å². The zero-order chi connectivity index (χ0) is 12.8. The van der Waals surface area contributed by atoms with Crippen molar-refractivity contribution in [2.24, 2.45) is 0 Å². The second kappa shape index (κ2) is 5.74. The Balaban J connectivity index is 2.02. The lowest BCUT2D eigenvalue weighted by atomic mass is 10.2. The van der Waals surface area contributed by atoms with E-state index in [1.807, 2.05) is 30.3 Å². The van der Waals surface area contributed by atoms with Crippen LogP contribution >= 0.6 is 0 Å². The number of hydrogen-bond donors (Lipinski definition) is 0. The number of aryl methyl sites for hydroxylation is 1. The predicted octanol–water partition coefficient (Wildman–Crippen LogP) is 2.38. The number of ether oxygens (including phenoxy) is 1. The molecule has 1 heterocycles. The third-order valence-corrected chi connectivity index (χ3v) is 2.30. The SMILES string of the molecule is Cc1occc(=O)c1OCC#Cc1ccccc1. The Kier molecular flexibility index (Phi) is 3.83. The van der Waals surface area contributed by atoms with E-state index in [9.17, 15) is 4.79 Å². The van der Waals surface area contributed by atoms with Crippen LogP contribution in [0.3, 0.4) is 0 Å². The van der Waals surface area contributed by atoms with Gasteiger partial charge in [-0.3, -0.25) is 4.79 Å². The molecule has 2 aromatic rings. The first kappa shape index (κ1) is 12.0. The van der Waals surface area contributed by atoms with Gasteiger partial charge in [-0.2, -0.15) is 0 Å². The molecule has 0 aliphatic heterocycles. The normalized spacial score (nSPS) is 9.39. The third-order valence-electron chi connectivity index (χ3n) is 2.30. The highest BCUT2D eigenvalue weighted by molar-refractivity contribution is 5.34. The molecule has 1 aromatic heterocycles. The van der Waals surface area contributed by atoms with Gasteiger partial charge in [-0.05, 0) is 19.1 Å². The lowest BCUT2D eigenvalue weighted by Crippen LogP contribution is -2.08. The summed E-state index contributed by atoms with van der Waals surface area (Å²) in [7, 11) is 0. The van der Waals surface area contributed by atoms with Gasteiger partial charge >= 0.3 is 0 Å². The maximum atomic E-state index is 11.5. The zero-order valence-corrected chi connectivity index (χ0v) is 9.97. The van der Waals surface area contributed by atoms with E-state index >= 15 is 0 Å². The molecule has 0 atom stereocenters. The van der Waals surface area contributed by atoms with Crippen LogP contribution in [0.2, 0.25) is 0 Å². The molecular weight excluding hydrogens is 228 g/mol. The highest BCUT2D eigenvalue weighted by Gasteiger charge is 2.04. The van der Waals surface area contributed by atoms with Crippen molar-refractivity contribution in [1.29, 1.82) is 0 Å². The molecule has 1 aromatic carbocycles. The zero-order valence-electron chi connectivity index (χ0n) is 9.97. The fourth-order valence-corrected chi connectivity index (χ4v) is 1.44. The van der Waals surface area contributed by atoms with Gasteiger partial charge in [-0.15, -0.1) is 0 Å². The third kappa shape index (κ3) is 3.02. The fourth-order valence-electron chi connectivity index (χ4n) is 1.44. The van der Waals surface area contributed by atoms with Gasteiger partial charge < -0.3 is 9.15 Å². The van der Waals surface area contributed by atoms with Crippen LogP contribution in [-0.2, 0) is 0 Å². The molecule has 0 bridgehead atoms. The Labute approximate surface area is 105 Å². The van der Waals surface area contributed by atoms with Crippen LogP contribution < -0.4 is 10.2 Å². The topological polar surface area (TPSA) is 39.4 Å². The standard InChI is InChI=1S/C15H12O3/c1-12-15(14(16)9-11-17-12)18-10-5-8-13-6-3-2-4-7-13/h2-4,6-7,9,11H,10H2,1H3. The van der Waals surface area contributed by atoms with Crippen LogP contribution in [0.15, 0.2) is 51.9 Å². The van der Waals surface area contributed by atoms with E-state index in [1.165, 1.54) is 12.3 Å². The summed E-state index contributed by atoms with van der Waals surface area (Å²) < 4.78 is 10.4. The molecule has 0 aliphatic carbocycles. The summed E-state index contributed by atoms with van der Waals surface area (Å²) in [4.78, 5) is 11.5. The molecule has 3 heteroatoms. The van der Waals surface area contributed by atoms with Crippen molar-refractivity contribution in [1.82, 2.24) is 0 Å². The molecule has 2 rings (SSSR count). The maximum absolute atomic E-state index is 11.5. The van der Waals surface area contributed by atoms with E-state index < -0.39 is 0 Å². The smallest absolute Gasteiger partial charge is 0.227 e. The number of rotatable bonds is 2. The largest absolute Gasteiger partial charge is 0.473 e.